The van der Waals surface area contributed by atoms with Crippen molar-refractivity contribution < 1.29 is 4.74 Å². The van der Waals surface area contributed by atoms with Gasteiger partial charge in [-0.1, -0.05) is 15.9 Å². The van der Waals surface area contributed by atoms with Crippen LogP contribution in [0.5, 0.6) is 5.75 Å². The molecule has 0 aliphatic rings. The van der Waals surface area contributed by atoms with Gasteiger partial charge in [-0.25, -0.2) is 0 Å². The van der Waals surface area contributed by atoms with Gasteiger partial charge < -0.3 is 15.4 Å². The topological polar surface area (TPSA) is 38.5 Å². The molecule has 2 N–H and O–H groups in total. The van der Waals surface area contributed by atoms with Crippen molar-refractivity contribution in [2.24, 2.45) is 5.73 Å². The van der Waals surface area contributed by atoms with Crippen LogP contribution < -0.4 is 10.5 Å². The molecule has 4 heteroatoms. The van der Waals surface area contributed by atoms with Crippen molar-refractivity contribution in [1.29, 1.82) is 0 Å². The Morgan fingerprint density at radius 1 is 1.35 bits per heavy atom. The molecule has 3 nitrogen and oxygen atoms in total. The van der Waals surface area contributed by atoms with Crippen LogP contribution in [-0.4, -0.2) is 38.7 Å². The molecule has 17 heavy (non-hydrogen) atoms. The number of benzene rings is 1. The lowest BCUT2D eigenvalue weighted by Crippen LogP contribution is -2.15. The van der Waals surface area contributed by atoms with Gasteiger partial charge in [-0.05, 0) is 57.2 Å². The fraction of sp³-hybridized carbons (Fsp3) is 0.538. The Balaban J connectivity index is 2.45. The summed E-state index contributed by atoms with van der Waals surface area (Å²) in [4.78, 5) is 2.16. The largest absolute Gasteiger partial charge is 0.494 e. The Kier molecular flexibility index (Phi) is 6.55. The number of hydrogen-bond donors (Lipinski definition) is 1. The summed E-state index contributed by atoms with van der Waals surface area (Å²) in [5, 5.41) is 0. The molecule has 96 valence electrons. The van der Waals surface area contributed by atoms with Crippen LogP contribution in [0.4, 0.5) is 0 Å². The number of halogens is 1. The minimum atomic E-state index is 0.655. The Morgan fingerprint density at radius 3 is 2.76 bits per heavy atom. The van der Waals surface area contributed by atoms with E-state index in [1.807, 2.05) is 12.1 Å². The highest BCUT2D eigenvalue weighted by Crippen LogP contribution is 2.22. The number of nitrogens with zero attached hydrogens (tertiary/aromatic N) is 1. The average Bonchev–Trinajstić information content (AvgIpc) is 2.28. The molecular formula is C13H21BrN2O. The van der Waals surface area contributed by atoms with Gasteiger partial charge in [0.2, 0.25) is 0 Å². The van der Waals surface area contributed by atoms with Crippen LogP contribution in [0.3, 0.4) is 0 Å². The van der Waals surface area contributed by atoms with Gasteiger partial charge in [0.15, 0.2) is 0 Å². The highest BCUT2D eigenvalue weighted by molar-refractivity contribution is 9.10. The van der Waals surface area contributed by atoms with Crippen LogP contribution in [-0.2, 0) is 6.42 Å². The van der Waals surface area contributed by atoms with Crippen LogP contribution in [0.1, 0.15) is 12.0 Å². The highest BCUT2D eigenvalue weighted by atomic mass is 79.9. The SMILES string of the molecule is CN(C)CCCOc1ccc(Br)c(CCN)c1. The van der Waals surface area contributed by atoms with Crippen molar-refractivity contribution in [3.8, 4) is 5.75 Å². The smallest absolute Gasteiger partial charge is 0.119 e. The first-order valence-electron chi connectivity index (χ1n) is 5.89. The van der Waals surface area contributed by atoms with Crippen molar-refractivity contribution in [3.05, 3.63) is 28.2 Å². The third-order valence-corrected chi connectivity index (χ3v) is 3.22. The lowest BCUT2D eigenvalue weighted by molar-refractivity contribution is 0.281. The van der Waals surface area contributed by atoms with E-state index in [0.29, 0.717) is 6.54 Å². The molecule has 1 aromatic carbocycles. The first kappa shape index (κ1) is 14.5. The van der Waals surface area contributed by atoms with Gasteiger partial charge in [0.1, 0.15) is 5.75 Å². The summed E-state index contributed by atoms with van der Waals surface area (Å²) < 4.78 is 6.81. The van der Waals surface area contributed by atoms with E-state index in [2.05, 4.69) is 41.0 Å². The zero-order valence-electron chi connectivity index (χ0n) is 10.6. The van der Waals surface area contributed by atoms with E-state index in [-0.39, 0.29) is 0 Å². The molecule has 1 rings (SSSR count). The van der Waals surface area contributed by atoms with E-state index < -0.39 is 0 Å². The summed E-state index contributed by atoms with van der Waals surface area (Å²) in [6.07, 6.45) is 1.91. The monoisotopic (exact) mass is 300 g/mol. The third kappa shape index (κ3) is 5.52. The molecule has 0 fully saturated rings. The van der Waals surface area contributed by atoms with Crippen LogP contribution in [0.2, 0.25) is 0 Å². The van der Waals surface area contributed by atoms with Gasteiger partial charge in [-0.2, -0.15) is 0 Å². The molecule has 0 unspecified atom stereocenters. The molecule has 0 bridgehead atoms. The number of nitrogens with two attached hydrogens (primary N) is 1. The Bertz CT molecular complexity index is 342. The summed E-state index contributed by atoms with van der Waals surface area (Å²) in [5.74, 6) is 0.926. The van der Waals surface area contributed by atoms with Crippen LogP contribution in [0.25, 0.3) is 0 Å². The Morgan fingerprint density at radius 2 is 2.12 bits per heavy atom. The van der Waals surface area contributed by atoms with Gasteiger partial charge in [0.05, 0.1) is 6.61 Å². The normalized spacial score (nSPS) is 10.9. The van der Waals surface area contributed by atoms with Crippen molar-refractivity contribution in [2.75, 3.05) is 33.8 Å². The molecule has 0 aromatic heterocycles. The standard InChI is InChI=1S/C13H21BrN2O/c1-16(2)8-3-9-17-12-4-5-13(14)11(10-12)6-7-15/h4-5,10H,3,6-9,15H2,1-2H3. The van der Waals surface area contributed by atoms with Gasteiger partial charge in [0.25, 0.3) is 0 Å². The van der Waals surface area contributed by atoms with E-state index in [1.54, 1.807) is 0 Å². The van der Waals surface area contributed by atoms with Gasteiger partial charge >= 0.3 is 0 Å². The molecule has 0 atom stereocenters. The van der Waals surface area contributed by atoms with E-state index in [9.17, 15) is 0 Å². The van der Waals surface area contributed by atoms with Crippen LogP contribution in [0.15, 0.2) is 22.7 Å². The Hall–Kier alpha value is -0.580. The predicted molar refractivity (Wildman–Crippen MR) is 75.6 cm³/mol. The lowest BCUT2D eigenvalue weighted by Gasteiger charge is -2.11. The molecule has 0 spiro atoms. The van der Waals surface area contributed by atoms with Crippen molar-refractivity contribution in [3.63, 3.8) is 0 Å². The molecule has 0 amide bonds. The molecule has 0 radical (unpaired) electrons. The van der Waals surface area contributed by atoms with Gasteiger partial charge in [-0.15, -0.1) is 0 Å². The van der Waals surface area contributed by atoms with Crippen LogP contribution >= 0.6 is 15.9 Å². The maximum Gasteiger partial charge on any atom is 0.119 e. The fourth-order valence-corrected chi connectivity index (χ4v) is 2.00. The fourth-order valence-electron chi connectivity index (χ4n) is 1.56. The van der Waals surface area contributed by atoms with E-state index in [1.165, 1.54) is 5.56 Å². The molecule has 0 saturated heterocycles. The minimum Gasteiger partial charge on any atom is -0.494 e. The lowest BCUT2D eigenvalue weighted by atomic mass is 10.1. The number of rotatable bonds is 7. The second-order valence-electron chi connectivity index (χ2n) is 4.30. The highest BCUT2D eigenvalue weighted by Gasteiger charge is 2.02. The second kappa shape index (κ2) is 7.69. The van der Waals surface area contributed by atoms with Gasteiger partial charge in [-0.3, -0.25) is 0 Å². The maximum atomic E-state index is 5.71. The summed E-state index contributed by atoms with van der Waals surface area (Å²) in [5.41, 5.74) is 6.77. The van der Waals surface area contributed by atoms with Crippen molar-refractivity contribution >= 4 is 15.9 Å². The Labute approximate surface area is 112 Å². The molecule has 1 aromatic rings. The third-order valence-electron chi connectivity index (χ3n) is 2.45. The molecule has 0 aliphatic carbocycles. The molecule has 0 heterocycles. The van der Waals surface area contributed by atoms with Crippen LogP contribution in [0, 0.1) is 0 Å². The summed E-state index contributed by atoms with van der Waals surface area (Å²) in [7, 11) is 4.14. The van der Waals surface area contributed by atoms with Crippen molar-refractivity contribution in [1.82, 2.24) is 4.90 Å². The summed E-state index contributed by atoms with van der Waals surface area (Å²) in [6, 6.07) is 6.07. The van der Waals surface area contributed by atoms with E-state index >= 15 is 0 Å². The number of ether oxygens (including phenoxy) is 1. The van der Waals surface area contributed by atoms with E-state index in [4.69, 9.17) is 10.5 Å². The van der Waals surface area contributed by atoms with E-state index in [0.717, 1.165) is 36.2 Å². The first-order chi connectivity index (χ1) is 8.13. The summed E-state index contributed by atoms with van der Waals surface area (Å²) >= 11 is 3.51. The molecular weight excluding hydrogens is 280 g/mol. The molecule has 0 saturated carbocycles. The predicted octanol–water partition coefficient (Wildman–Crippen LogP) is 2.28. The number of hydrogen-bond acceptors (Lipinski definition) is 3. The van der Waals surface area contributed by atoms with Crippen molar-refractivity contribution in [2.45, 2.75) is 12.8 Å². The van der Waals surface area contributed by atoms with Gasteiger partial charge in [0, 0.05) is 11.0 Å². The maximum absolute atomic E-state index is 5.71. The average molecular weight is 301 g/mol. The zero-order chi connectivity index (χ0) is 12.7. The molecule has 0 aliphatic heterocycles. The zero-order valence-corrected chi connectivity index (χ0v) is 12.2. The quantitative estimate of drug-likeness (QED) is 0.785. The first-order valence-corrected chi connectivity index (χ1v) is 6.69. The minimum absolute atomic E-state index is 0.655. The second-order valence-corrected chi connectivity index (χ2v) is 5.15. The summed E-state index contributed by atoms with van der Waals surface area (Å²) in [6.45, 7) is 2.46.